The first-order valence-corrected chi connectivity index (χ1v) is 8.11. The Hall–Kier alpha value is -1.80. The molecule has 1 aromatic carbocycles. The van der Waals surface area contributed by atoms with Crippen molar-refractivity contribution in [3.05, 3.63) is 45.8 Å². The van der Waals surface area contributed by atoms with Crippen LogP contribution in [-0.2, 0) is 10.0 Å². The Labute approximate surface area is 130 Å². The summed E-state index contributed by atoms with van der Waals surface area (Å²) in [6.07, 6.45) is 0. The average Bonchev–Trinajstić information content (AvgIpc) is 2.77. The van der Waals surface area contributed by atoms with Gasteiger partial charge in [-0.3, -0.25) is 4.72 Å². The van der Waals surface area contributed by atoms with E-state index in [4.69, 9.17) is 9.52 Å². The van der Waals surface area contributed by atoms with Crippen LogP contribution < -0.4 is 4.72 Å². The zero-order chi connectivity index (χ0) is 15.8. The van der Waals surface area contributed by atoms with Crippen LogP contribution in [0.5, 0.6) is 0 Å². The van der Waals surface area contributed by atoms with Crippen LogP contribution in [0.3, 0.4) is 0 Å². The van der Waals surface area contributed by atoms with E-state index < -0.39 is 21.8 Å². The first kappa shape index (κ1) is 15.6. The average molecular weight is 374 g/mol. The minimum absolute atomic E-state index is 0.155. The molecule has 1 aromatic heterocycles. The highest BCUT2D eigenvalue weighted by Crippen LogP contribution is 2.29. The molecule has 0 aliphatic heterocycles. The Morgan fingerprint density at radius 2 is 1.95 bits per heavy atom. The largest absolute Gasteiger partial charge is 0.475 e. The number of sulfonamides is 1. The molecule has 112 valence electrons. The minimum Gasteiger partial charge on any atom is -0.475 e. The van der Waals surface area contributed by atoms with Crippen LogP contribution in [0.15, 0.2) is 38.2 Å². The molecule has 0 fully saturated rings. The van der Waals surface area contributed by atoms with E-state index in [0.717, 1.165) is 17.2 Å². The van der Waals surface area contributed by atoms with Crippen LogP contribution >= 0.6 is 15.9 Å². The molecule has 0 aliphatic carbocycles. The van der Waals surface area contributed by atoms with Gasteiger partial charge in [-0.2, -0.15) is 0 Å². The van der Waals surface area contributed by atoms with Crippen LogP contribution in [0.4, 0.5) is 5.69 Å². The van der Waals surface area contributed by atoms with Gasteiger partial charge in [0, 0.05) is 6.07 Å². The van der Waals surface area contributed by atoms with Crippen molar-refractivity contribution in [2.45, 2.75) is 18.7 Å². The van der Waals surface area contributed by atoms with Gasteiger partial charge in [-0.15, -0.1) is 0 Å². The first-order valence-electron chi connectivity index (χ1n) is 5.83. The van der Waals surface area contributed by atoms with Crippen molar-refractivity contribution in [3.63, 3.8) is 0 Å². The number of aryl methyl sites for hydroxylation is 2. The molecule has 6 nitrogen and oxygen atoms in total. The van der Waals surface area contributed by atoms with Crippen molar-refractivity contribution < 1.29 is 22.7 Å². The normalized spacial score (nSPS) is 11.4. The summed E-state index contributed by atoms with van der Waals surface area (Å²) in [6, 6.07) is 6.31. The lowest BCUT2D eigenvalue weighted by Gasteiger charge is -2.10. The Bertz CT molecular complexity index is 810. The molecule has 8 heteroatoms. The zero-order valence-corrected chi connectivity index (χ0v) is 13.6. The van der Waals surface area contributed by atoms with Gasteiger partial charge in [0.15, 0.2) is 4.67 Å². The van der Waals surface area contributed by atoms with E-state index in [1.165, 1.54) is 0 Å². The number of halogens is 1. The molecule has 2 N–H and O–H groups in total. The van der Waals surface area contributed by atoms with E-state index in [-0.39, 0.29) is 9.56 Å². The van der Waals surface area contributed by atoms with Gasteiger partial charge in [0.2, 0.25) is 5.76 Å². The molecular weight excluding hydrogens is 362 g/mol. The molecule has 2 aromatic rings. The lowest BCUT2D eigenvalue weighted by Crippen LogP contribution is -2.13. The molecule has 0 saturated heterocycles. The summed E-state index contributed by atoms with van der Waals surface area (Å²) < 4.78 is 31.8. The standard InChI is InChI=1S/C13H12BrNO5S/c1-7-3-4-8(2)9(5-7)15-21(18,19)11-6-10(13(16)17)20-12(11)14/h3-6,15H,1-2H3,(H,16,17). The summed E-state index contributed by atoms with van der Waals surface area (Å²) in [5.74, 6) is -1.80. The summed E-state index contributed by atoms with van der Waals surface area (Å²) in [7, 11) is -3.95. The highest BCUT2D eigenvalue weighted by atomic mass is 79.9. The van der Waals surface area contributed by atoms with Crippen LogP contribution in [0.2, 0.25) is 0 Å². The molecule has 0 bridgehead atoms. The van der Waals surface area contributed by atoms with E-state index in [1.54, 1.807) is 19.1 Å². The summed E-state index contributed by atoms with van der Waals surface area (Å²) in [4.78, 5) is 10.6. The first-order chi connectivity index (χ1) is 9.70. The van der Waals surface area contributed by atoms with Gasteiger partial charge >= 0.3 is 5.97 Å². The summed E-state index contributed by atoms with van der Waals surface area (Å²) in [5.41, 5.74) is 2.08. The number of nitrogens with one attached hydrogen (secondary N) is 1. The second-order valence-electron chi connectivity index (χ2n) is 4.48. The maximum absolute atomic E-state index is 12.3. The number of rotatable bonds is 4. The van der Waals surface area contributed by atoms with Crippen molar-refractivity contribution in [1.29, 1.82) is 0 Å². The van der Waals surface area contributed by atoms with Crippen molar-refractivity contribution in [2.75, 3.05) is 4.72 Å². The van der Waals surface area contributed by atoms with Crippen molar-refractivity contribution in [2.24, 2.45) is 0 Å². The number of carboxylic acids is 1. The van der Waals surface area contributed by atoms with E-state index >= 15 is 0 Å². The predicted molar refractivity (Wildman–Crippen MR) is 80.1 cm³/mol. The van der Waals surface area contributed by atoms with Gasteiger partial charge in [-0.25, -0.2) is 13.2 Å². The van der Waals surface area contributed by atoms with E-state index in [2.05, 4.69) is 20.7 Å². The molecule has 0 atom stereocenters. The topological polar surface area (TPSA) is 96.6 Å². The number of aromatic carboxylic acids is 1. The SMILES string of the molecule is Cc1ccc(C)c(NS(=O)(=O)c2cc(C(=O)O)oc2Br)c1. The van der Waals surface area contributed by atoms with Gasteiger partial charge < -0.3 is 9.52 Å². The Balaban J connectivity index is 2.43. The quantitative estimate of drug-likeness (QED) is 0.857. The zero-order valence-electron chi connectivity index (χ0n) is 11.2. The maximum Gasteiger partial charge on any atom is 0.371 e. The fraction of sp³-hybridized carbons (Fsp3) is 0.154. The number of anilines is 1. The second-order valence-corrected chi connectivity index (χ2v) is 6.85. The van der Waals surface area contributed by atoms with Crippen LogP contribution in [0, 0.1) is 13.8 Å². The number of benzene rings is 1. The Morgan fingerprint density at radius 1 is 1.29 bits per heavy atom. The minimum atomic E-state index is -3.95. The van der Waals surface area contributed by atoms with Crippen molar-refractivity contribution >= 4 is 37.6 Å². The third-order valence-electron chi connectivity index (χ3n) is 2.79. The van der Waals surface area contributed by atoms with Gasteiger partial charge in [0.1, 0.15) is 4.90 Å². The highest BCUT2D eigenvalue weighted by molar-refractivity contribution is 9.10. The second kappa shape index (κ2) is 5.53. The molecule has 0 radical (unpaired) electrons. The lowest BCUT2D eigenvalue weighted by atomic mass is 10.1. The Kier molecular flexibility index (Phi) is 4.11. The molecule has 0 aliphatic rings. The summed E-state index contributed by atoms with van der Waals surface area (Å²) in [5, 5.41) is 8.83. The Morgan fingerprint density at radius 3 is 2.52 bits per heavy atom. The van der Waals surface area contributed by atoms with Gasteiger partial charge in [-0.05, 0) is 47.0 Å². The fourth-order valence-corrected chi connectivity index (χ4v) is 3.75. The lowest BCUT2D eigenvalue weighted by molar-refractivity contribution is 0.0661. The smallest absolute Gasteiger partial charge is 0.371 e. The monoisotopic (exact) mass is 373 g/mol. The predicted octanol–water partition coefficient (Wildman–Crippen LogP) is 3.16. The summed E-state index contributed by atoms with van der Waals surface area (Å²) in [6.45, 7) is 3.61. The number of furan rings is 1. The number of carbonyl (C=O) groups is 1. The molecule has 21 heavy (non-hydrogen) atoms. The van der Waals surface area contributed by atoms with Crippen LogP contribution in [0.1, 0.15) is 21.7 Å². The van der Waals surface area contributed by atoms with Gasteiger partial charge in [0.05, 0.1) is 5.69 Å². The van der Waals surface area contributed by atoms with Crippen molar-refractivity contribution in [3.8, 4) is 0 Å². The maximum atomic E-state index is 12.3. The third-order valence-corrected chi connectivity index (χ3v) is 5.02. The number of hydrogen-bond acceptors (Lipinski definition) is 4. The molecule has 0 amide bonds. The molecule has 0 saturated carbocycles. The molecular formula is C13H12BrNO5S. The van der Waals surface area contributed by atoms with Crippen LogP contribution in [0.25, 0.3) is 0 Å². The molecule has 0 unspecified atom stereocenters. The number of hydrogen-bond donors (Lipinski definition) is 2. The molecule has 2 rings (SSSR count). The van der Waals surface area contributed by atoms with Gasteiger partial charge in [0.25, 0.3) is 10.0 Å². The molecule has 0 spiro atoms. The van der Waals surface area contributed by atoms with E-state index in [0.29, 0.717) is 5.69 Å². The van der Waals surface area contributed by atoms with Gasteiger partial charge in [-0.1, -0.05) is 12.1 Å². The summed E-state index contributed by atoms with van der Waals surface area (Å²) >= 11 is 2.92. The van der Waals surface area contributed by atoms with E-state index in [1.807, 2.05) is 13.0 Å². The fourth-order valence-electron chi connectivity index (χ4n) is 1.69. The van der Waals surface area contributed by atoms with E-state index in [9.17, 15) is 13.2 Å². The number of carboxylic acid groups (broad SMARTS) is 1. The third kappa shape index (κ3) is 3.27. The molecule has 1 heterocycles. The van der Waals surface area contributed by atoms with Crippen LogP contribution in [-0.4, -0.2) is 19.5 Å². The van der Waals surface area contributed by atoms with Crippen molar-refractivity contribution in [1.82, 2.24) is 0 Å². The highest BCUT2D eigenvalue weighted by Gasteiger charge is 2.25.